The molecule has 0 aliphatic carbocycles. The average Bonchev–Trinajstić information content (AvgIpc) is 2.49. The van der Waals surface area contributed by atoms with E-state index in [9.17, 15) is 19.2 Å². The highest BCUT2D eigenvalue weighted by Gasteiger charge is 2.14. The summed E-state index contributed by atoms with van der Waals surface area (Å²) in [6, 6.07) is -1.29. The largest absolute Gasteiger partial charge is 0.481 e. The topological polar surface area (TPSA) is 144 Å². The summed E-state index contributed by atoms with van der Waals surface area (Å²) in [5.41, 5.74) is 4.84. The van der Waals surface area contributed by atoms with E-state index in [4.69, 9.17) is 15.9 Å². The zero-order chi connectivity index (χ0) is 12.7. The molecule has 88 valence electrons. The number of aliphatic carboxylic acids is 2. The van der Waals surface area contributed by atoms with Crippen molar-refractivity contribution >= 4 is 23.9 Å². The van der Waals surface area contributed by atoms with Gasteiger partial charge in [0.2, 0.25) is 0 Å². The first-order valence-electron chi connectivity index (χ1n) is 3.97. The summed E-state index contributed by atoms with van der Waals surface area (Å²) in [7, 11) is 0. The van der Waals surface area contributed by atoms with Crippen LogP contribution in [-0.4, -0.2) is 40.1 Å². The second-order valence-corrected chi connectivity index (χ2v) is 2.62. The van der Waals surface area contributed by atoms with Crippen LogP contribution >= 0.6 is 0 Å². The highest BCUT2D eigenvalue weighted by Crippen LogP contribution is 1.92. The minimum Gasteiger partial charge on any atom is -0.481 e. The summed E-state index contributed by atoms with van der Waals surface area (Å²) in [5.74, 6) is -3.66. The number of hydrogen-bond donors (Lipinski definition) is 3. The van der Waals surface area contributed by atoms with Gasteiger partial charge in [0.15, 0.2) is 0 Å². The van der Waals surface area contributed by atoms with Crippen molar-refractivity contribution in [2.75, 3.05) is 0 Å². The molecule has 1 rings (SSSR count). The highest BCUT2D eigenvalue weighted by molar-refractivity contribution is 6.04. The molecule has 0 aromatic heterocycles. The minimum atomic E-state index is -1.29. The molecule has 0 amide bonds. The van der Waals surface area contributed by atoms with Crippen molar-refractivity contribution in [3.05, 3.63) is 12.2 Å². The molecular weight excluding hydrogens is 222 g/mol. The number of nitrogens with two attached hydrogens (primary N) is 1. The first-order chi connectivity index (χ1) is 7.32. The maximum Gasteiger partial charge on any atom is 0.338 e. The van der Waals surface area contributed by atoms with Gasteiger partial charge in [-0.25, -0.2) is 9.59 Å². The van der Waals surface area contributed by atoms with Crippen LogP contribution in [0.25, 0.3) is 0 Å². The lowest BCUT2D eigenvalue weighted by Gasteiger charge is -1.99. The van der Waals surface area contributed by atoms with Gasteiger partial charge in [-0.2, -0.15) is 0 Å². The molecule has 8 nitrogen and oxygen atoms in total. The number of ether oxygens (including phenoxy) is 1. The molecule has 8 heteroatoms. The second-order valence-electron chi connectivity index (χ2n) is 2.62. The summed E-state index contributed by atoms with van der Waals surface area (Å²) in [4.78, 5) is 39.5. The van der Waals surface area contributed by atoms with Crippen LogP contribution in [0.3, 0.4) is 0 Å². The standard InChI is InChI=1S/C4H7NO4.C4H2O3/c5-2(4(8)9)1-3(6)7;5-3-1-2-4(6)7-3/h2H,1,5H2,(H,6,7)(H,8,9);1-2H/t2-;/m0./s1. The van der Waals surface area contributed by atoms with Crippen LogP contribution in [0.5, 0.6) is 0 Å². The van der Waals surface area contributed by atoms with Crippen LogP contribution in [0.2, 0.25) is 0 Å². The first-order valence-corrected chi connectivity index (χ1v) is 3.97. The molecule has 1 atom stereocenters. The number of hydrogen-bond acceptors (Lipinski definition) is 6. The molecule has 0 aromatic rings. The van der Waals surface area contributed by atoms with Crippen LogP contribution in [0, 0.1) is 0 Å². The Morgan fingerprint density at radius 3 is 1.81 bits per heavy atom. The fraction of sp³-hybridized carbons (Fsp3) is 0.250. The lowest BCUT2D eigenvalue weighted by molar-refractivity contribution is -0.150. The molecule has 0 radical (unpaired) electrons. The fourth-order valence-electron chi connectivity index (χ4n) is 0.579. The molecule has 0 saturated carbocycles. The van der Waals surface area contributed by atoms with E-state index in [0.717, 1.165) is 12.2 Å². The van der Waals surface area contributed by atoms with E-state index in [1.807, 2.05) is 0 Å². The molecule has 1 heterocycles. The van der Waals surface area contributed by atoms with Gasteiger partial charge in [-0.1, -0.05) is 0 Å². The van der Waals surface area contributed by atoms with Crippen molar-refractivity contribution in [1.29, 1.82) is 0 Å². The van der Waals surface area contributed by atoms with Crippen molar-refractivity contribution in [3.8, 4) is 0 Å². The maximum atomic E-state index is 9.92. The monoisotopic (exact) mass is 231 g/mol. The van der Waals surface area contributed by atoms with E-state index in [1.165, 1.54) is 0 Å². The molecule has 0 bridgehead atoms. The van der Waals surface area contributed by atoms with Crippen molar-refractivity contribution in [2.24, 2.45) is 5.73 Å². The van der Waals surface area contributed by atoms with Crippen molar-refractivity contribution in [3.63, 3.8) is 0 Å². The molecule has 4 N–H and O–H groups in total. The molecule has 1 aliphatic heterocycles. The third kappa shape index (κ3) is 6.27. The van der Waals surface area contributed by atoms with Crippen LogP contribution < -0.4 is 5.73 Å². The predicted octanol–water partition coefficient (Wildman–Crippen LogP) is -1.50. The lowest BCUT2D eigenvalue weighted by atomic mass is 10.2. The lowest BCUT2D eigenvalue weighted by Crippen LogP contribution is -2.32. The Kier molecular flexibility index (Phi) is 5.42. The Morgan fingerprint density at radius 2 is 1.69 bits per heavy atom. The van der Waals surface area contributed by atoms with E-state index < -0.39 is 36.3 Å². The summed E-state index contributed by atoms with van der Waals surface area (Å²) in [5, 5.41) is 16.0. The number of carboxylic acid groups (broad SMARTS) is 2. The Morgan fingerprint density at radius 1 is 1.25 bits per heavy atom. The van der Waals surface area contributed by atoms with Gasteiger partial charge in [-0.15, -0.1) is 0 Å². The quantitative estimate of drug-likeness (QED) is 0.393. The molecule has 0 unspecified atom stereocenters. The van der Waals surface area contributed by atoms with Crippen molar-refractivity contribution in [1.82, 2.24) is 0 Å². The van der Waals surface area contributed by atoms with Gasteiger partial charge < -0.3 is 20.7 Å². The number of rotatable bonds is 3. The molecular formula is C8H9NO7. The van der Waals surface area contributed by atoms with E-state index >= 15 is 0 Å². The average molecular weight is 231 g/mol. The number of esters is 2. The number of cyclic esters (lactones) is 2. The Hall–Kier alpha value is -2.22. The van der Waals surface area contributed by atoms with Crippen LogP contribution in [0.4, 0.5) is 0 Å². The van der Waals surface area contributed by atoms with E-state index in [2.05, 4.69) is 4.74 Å². The third-order valence-electron chi connectivity index (χ3n) is 1.27. The third-order valence-corrected chi connectivity index (χ3v) is 1.27. The summed E-state index contributed by atoms with van der Waals surface area (Å²) >= 11 is 0. The molecule has 1 aliphatic rings. The minimum absolute atomic E-state index is 0.532. The van der Waals surface area contributed by atoms with Gasteiger partial charge in [0.25, 0.3) is 0 Å². The van der Waals surface area contributed by atoms with Crippen molar-refractivity contribution in [2.45, 2.75) is 12.5 Å². The second kappa shape index (κ2) is 6.30. The van der Waals surface area contributed by atoms with E-state index in [0.29, 0.717) is 0 Å². The zero-order valence-corrected chi connectivity index (χ0v) is 7.95. The smallest absolute Gasteiger partial charge is 0.338 e. The number of carbonyl (C=O) groups excluding carboxylic acids is 2. The first kappa shape index (κ1) is 13.8. The molecule has 0 saturated heterocycles. The molecule has 0 spiro atoms. The van der Waals surface area contributed by atoms with Gasteiger partial charge in [0.05, 0.1) is 6.42 Å². The Bertz CT molecular complexity index is 330. The molecule has 16 heavy (non-hydrogen) atoms. The van der Waals surface area contributed by atoms with E-state index in [-0.39, 0.29) is 0 Å². The Balaban J connectivity index is 0.000000288. The van der Waals surface area contributed by atoms with Crippen molar-refractivity contribution < 1.29 is 34.1 Å². The predicted molar refractivity (Wildman–Crippen MR) is 48.1 cm³/mol. The van der Waals surface area contributed by atoms with Crippen LogP contribution in [0.15, 0.2) is 12.2 Å². The van der Waals surface area contributed by atoms with Gasteiger partial charge >= 0.3 is 23.9 Å². The zero-order valence-electron chi connectivity index (χ0n) is 7.95. The highest BCUT2D eigenvalue weighted by atomic mass is 16.6. The van der Waals surface area contributed by atoms with Crippen LogP contribution in [0.1, 0.15) is 6.42 Å². The van der Waals surface area contributed by atoms with E-state index in [1.54, 1.807) is 0 Å². The van der Waals surface area contributed by atoms with Crippen LogP contribution in [-0.2, 0) is 23.9 Å². The molecule has 0 fully saturated rings. The van der Waals surface area contributed by atoms with Gasteiger partial charge in [-0.05, 0) is 0 Å². The summed E-state index contributed by atoms with van der Waals surface area (Å²) < 4.78 is 3.97. The number of carbonyl (C=O) groups is 4. The van der Waals surface area contributed by atoms with Gasteiger partial charge in [0.1, 0.15) is 6.04 Å². The van der Waals surface area contributed by atoms with Gasteiger partial charge in [0, 0.05) is 12.2 Å². The normalized spacial score (nSPS) is 14.8. The fourth-order valence-corrected chi connectivity index (χ4v) is 0.579. The summed E-state index contributed by atoms with van der Waals surface area (Å²) in [6.07, 6.45) is 1.64. The number of carboxylic acids is 2. The van der Waals surface area contributed by atoms with Gasteiger partial charge in [-0.3, -0.25) is 9.59 Å². The summed E-state index contributed by atoms with van der Waals surface area (Å²) in [6.45, 7) is 0. The molecule has 0 aromatic carbocycles. The maximum absolute atomic E-state index is 9.92. The Labute approximate surface area is 89.3 Å². The SMILES string of the molecule is N[C@@H](CC(=O)O)C(=O)O.O=C1C=CC(=O)O1.